The number of Topliss-reactive ketones (excluding diaryl/α,β-unsaturated/α-hetero) is 1. The first kappa shape index (κ1) is 19.7. The van der Waals surface area contributed by atoms with Crippen molar-refractivity contribution in [1.82, 2.24) is 5.32 Å². The first-order valence-electron chi connectivity index (χ1n) is 8.22. The molecule has 0 atom stereocenters. The second-order valence-electron chi connectivity index (χ2n) is 5.94. The number of ether oxygens (including phenoxy) is 1. The van der Waals surface area contributed by atoms with E-state index in [1.165, 1.54) is 7.11 Å². The maximum atomic E-state index is 12.4. The fraction of sp³-hybridized carbons (Fsp3) is 0.250. The second kappa shape index (κ2) is 9.15. The number of halogens is 1. The van der Waals surface area contributed by atoms with Crippen molar-refractivity contribution in [3.63, 3.8) is 0 Å². The summed E-state index contributed by atoms with van der Waals surface area (Å²) in [6, 6.07) is 14.9. The van der Waals surface area contributed by atoms with Gasteiger partial charge in [0.25, 0.3) is 0 Å². The quantitative estimate of drug-likeness (QED) is 0.791. The molecule has 26 heavy (non-hydrogen) atoms. The zero-order valence-electron chi connectivity index (χ0n) is 14.5. The predicted molar refractivity (Wildman–Crippen MR) is 103 cm³/mol. The topological polar surface area (TPSA) is 67.8 Å². The molecule has 0 amide bonds. The third kappa shape index (κ3) is 4.92. The summed E-state index contributed by atoms with van der Waals surface area (Å²) in [6.07, 6.45) is 0.637. The highest BCUT2D eigenvalue weighted by Crippen LogP contribution is 2.12. The van der Waals surface area contributed by atoms with Crippen molar-refractivity contribution in [2.75, 3.05) is 20.2 Å². The number of benzene rings is 2. The fourth-order valence-electron chi connectivity index (χ4n) is 2.86. The van der Waals surface area contributed by atoms with Crippen molar-refractivity contribution in [2.24, 2.45) is 4.99 Å². The Bertz CT molecular complexity index is 833. The van der Waals surface area contributed by atoms with Crippen LogP contribution < -0.4 is 5.32 Å². The summed E-state index contributed by atoms with van der Waals surface area (Å²) in [4.78, 5) is 28.4. The third-order valence-corrected chi connectivity index (χ3v) is 4.03. The van der Waals surface area contributed by atoms with Crippen LogP contribution in [0.5, 0.6) is 0 Å². The van der Waals surface area contributed by atoms with Gasteiger partial charge in [-0.15, -0.1) is 12.4 Å². The van der Waals surface area contributed by atoms with E-state index < -0.39 is 5.97 Å². The Kier molecular flexibility index (Phi) is 6.92. The van der Waals surface area contributed by atoms with Gasteiger partial charge < -0.3 is 10.1 Å². The van der Waals surface area contributed by atoms with Gasteiger partial charge >= 0.3 is 5.97 Å². The molecule has 6 heteroatoms. The normalized spacial score (nSPS) is 12.6. The van der Waals surface area contributed by atoms with Crippen molar-refractivity contribution < 1.29 is 14.3 Å². The van der Waals surface area contributed by atoms with Crippen LogP contribution in [-0.4, -0.2) is 37.8 Å². The van der Waals surface area contributed by atoms with Crippen molar-refractivity contribution in [1.29, 1.82) is 0 Å². The molecule has 1 aliphatic rings. The minimum atomic E-state index is -0.396. The van der Waals surface area contributed by atoms with Crippen LogP contribution >= 0.6 is 12.4 Å². The van der Waals surface area contributed by atoms with Crippen molar-refractivity contribution >= 4 is 30.0 Å². The van der Waals surface area contributed by atoms with Gasteiger partial charge in [0.15, 0.2) is 0 Å². The van der Waals surface area contributed by atoms with E-state index in [1.54, 1.807) is 18.2 Å². The van der Waals surface area contributed by atoms with Crippen LogP contribution in [0.4, 0.5) is 0 Å². The Hall–Kier alpha value is -2.66. The van der Waals surface area contributed by atoms with Crippen LogP contribution in [0.2, 0.25) is 0 Å². The molecule has 0 saturated heterocycles. The molecule has 1 aliphatic heterocycles. The van der Waals surface area contributed by atoms with E-state index in [-0.39, 0.29) is 24.6 Å². The summed E-state index contributed by atoms with van der Waals surface area (Å²) < 4.78 is 4.71. The van der Waals surface area contributed by atoms with Crippen molar-refractivity contribution in [3.8, 4) is 0 Å². The zero-order valence-corrected chi connectivity index (χ0v) is 15.3. The largest absolute Gasteiger partial charge is 0.465 e. The summed E-state index contributed by atoms with van der Waals surface area (Å²) in [5, 5.41) is 3.24. The van der Waals surface area contributed by atoms with E-state index in [1.807, 2.05) is 30.3 Å². The molecular weight excluding hydrogens is 352 g/mol. The number of esters is 1. The summed E-state index contributed by atoms with van der Waals surface area (Å²) in [5.74, 6) is 0.590. The van der Waals surface area contributed by atoms with Gasteiger partial charge in [0, 0.05) is 24.9 Å². The number of methoxy groups -OCH3 is 1. The van der Waals surface area contributed by atoms with Crippen LogP contribution in [0.15, 0.2) is 53.5 Å². The van der Waals surface area contributed by atoms with Gasteiger partial charge in [-0.05, 0) is 29.3 Å². The highest BCUT2D eigenvalue weighted by atomic mass is 35.5. The standard InChI is InChI=1S/C20H20N2O3.ClH/c1-25-20(24)17-7-3-5-15(11-17)13-18(23)12-14-4-2-6-16(10-14)19-21-8-9-22-19;/h2-7,10-11H,8-9,12-13H2,1H3,(H,21,22);1H. The lowest BCUT2D eigenvalue weighted by molar-refractivity contribution is -0.117. The minimum Gasteiger partial charge on any atom is -0.465 e. The molecule has 0 spiro atoms. The molecule has 136 valence electrons. The second-order valence-corrected chi connectivity index (χ2v) is 5.94. The predicted octanol–water partition coefficient (Wildman–Crippen LogP) is 2.60. The number of rotatable bonds is 6. The van der Waals surface area contributed by atoms with E-state index in [0.29, 0.717) is 12.0 Å². The number of amidine groups is 1. The van der Waals surface area contributed by atoms with Crippen molar-refractivity contribution in [3.05, 3.63) is 70.8 Å². The van der Waals surface area contributed by atoms with E-state index in [0.717, 1.165) is 35.6 Å². The summed E-state index contributed by atoms with van der Waals surface area (Å²) in [7, 11) is 1.34. The minimum absolute atomic E-state index is 0. The Morgan fingerprint density at radius 1 is 1.08 bits per heavy atom. The molecule has 3 rings (SSSR count). The molecule has 0 bridgehead atoms. The summed E-state index contributed by atoms with van der Waals surface area (Å²) >= 11 is 0. The third-order valence-electron chi connectivity index (χ3n) is 4.03. The van der Waals surface area contributed by atoms with Gasteiger partial charge in [-0.25, -0.2) is 4.79 Å². The molecule has 1 heterocycles. The number of hydrogen-bond acceptors (Lipinski definition) is 5. The number of aliphatic imine (C=N–C) groups is 1. The van der Waals surface area contributed by atoms with Gasteiger partial charge in [-0.2, -0.15) is 0 Å². The molecule has 0 fully saturated rings. The van der Waals surface area contributed by atoms with E-state index in [4.69, 9.17) is 4.74 Å². The fourth-order valence-corrected chi connectivity index (χ4v) is 2.86. The van der Waals surface area contributed by atoms with Crippen molar-refractivity contribution in [2.45, 2.75) is 12.8 Å². The molecule has 0 radical (unpaired) electrons. The maximum absolute atomic E-state index is 12.4. The van der Waals surface area contributed by atoms with Crippen LogP contribution in [0.3, 0.4) is 0 Å². The highest BCUT2D eigenvalue weighted by molar-refractivity contribution is 6.00. The first-order valence-corrected chi connectivity index (χ1v) is 8.22. The van der Waals surface area contributed by atoms with Gasteiger partial charge in [0.1, 0.15) is 11.6 Å². The maximum Gasteiger partial charge on any atom is 0.337 e. The number of carbonyl (C=O) groups excluding carboxylic acids is 2. The smallest absolute Gasteiger partial charge is 0.337 e. The van der Waals surface area contributed by atoms with Gasteiger partial charge in [0.2, 0.25) is 0 Å². The monoisotopic (exact) mass is 372 g/mol. The summed E-state index contributed by atoms with van der Waals surface area (Å²) in [5.41, 5.74) is 3.24. The lowest BCUT2D eigenvalue weighted by Gasteiger charge is -2.07. The molecule has 0 aliphatic carbocycles. The molecule has 0 saturated carbocycles. The number of hydrogen-bond donors (Lipinski definition) is 1. The number of nitrogens with one attached hydrogen (secondary N) is 1. The lowest BCUT2D eigenvalue weighted by atomic mass is 10.00. The number of carbonyl (C=O) groups is 2. The molecule has 0 aromatic heterocycles. The molecule has 2 aromatic carbocycles. The molecule has 2 aromatic rings. The average molecular weight is 373 g/mol. The summed E-state index contributed by atoms with van der Waals surface area (Å²) in [6.45, 7) is 1.64. The number of ketones is 1. The van der Waals surface area contributed by atoms with E-state index in [2.05, 4.69) is 10.3 Å². The van der Waals surface area contributed by atoms with E-state index in [9.17, 15) is 9.59 Å². The van der Waals surface area contributed by atoms with Gasteiger partial charge in [-0.3, -0.25) is 9.79 Å². The first-order chi connectivity index (χ1) is 12.2. The van der Waals surface area contributed by atoms with Crippen LogP contribution in [-0.2, 0) is 22.4 Å². The van der Waals surface area contributed by atoms with Gasteiger partial charge in [0.05, 0.1) is 19.2 Å². The average Bonchev–Trinajstić information content (AvgIpc) is 3.16. The Labute approximate surface area is 158 Å². The van der Waals surface area contributed by atoms with Crippen LogP contribution in [0, 0.1) is 0 Å². The zero-order chi connectivity index (χ0) is 17.6. The van der Waals surface area contributed by atoms with Gasteiger partial charge in [-0.1, -0.05) is 30.3 Å². The Morgan fingerprint density at radius 2 is 1.77 bits per heavy atom. The Morgan fingerprint density at radius 3 is 2.42 bits per heavy atom. The highest BCUT2D eigenvalue weighted by Gasteiger charge is 2.12. The van der Waals surface area contributed by atoms with Crippen LogP contribution in [0.25, 0.3) is 0 Å². The molecule has 1 N–H and O–H groups in total. The molecule has 0 unspecified atom stereocenters. The Balaban J connectivity index is 0.00000243. The van der Waals surface area contributed by atoms with E-state index >= 15 is 0 Å². The molecule has 5 nitrogen and oxygen atoms in total. The SMILES string of the molecule is COC(=O)c1cccc(CC(=O)Cc2cccc(C3=NCCN3)c2)c1.Cl. The number of nitrogens with zero attached hydrogens (tertiary/aromatic N) is 1. The van der Waals surface area contributed by atoms with Crippen LogP contribution in [0.1, 0.15) is 27.0 Å². The molecular formula is C20H21ClN2O3. The lowest BCUT2D eigenvalue weighted by Crippen LogP contribution is -2.19.